The average molecular weight is 329 g/mol. The molecule has 1 saturated heterocycles. The molecule has 3 rings (SSSR count). The number of benzene rings is 1. The number of carbonyl (C=O) groups is 2. The third-order valence-corrected chi connectivity index (χ3v) is 5.92. The molecule has 4 nitrogen and oxygen atoms in total. The maximum absolute atomic E-state index is 13.1. The number of piperidine rings is 1. The van der Waals surface area contributed by atoms with Crippen molar-refractivity contribution in [2.24, 2.45) is 11.8 Å². The molecule has 24 heavy (non-hydrogen) atoms. The fourth-order valence-corrected chi connectivity index (χ4v) is 4.32. The Morgan fingerprint density at radius 3 is 2.54 bits per heavy atom. The summed E-state index contributed by atoms with van der Waals surface area (Å²) >= 11 is 0. The monoisotopic (exact) mass is 329 g/mol. The Balaban J connectivity index is 1.81. The lowest BCUT2D eigenvalue weighted by Crippen LogP contribution is -2.41. The van der Waals surface area contributed by atoms with Crippen LogP contribution in [-0.2, 0) is 9.59 Å². The summed E-state index contributed by atoms with van der Waals surface area (Å²) < 4.78 is 0. The molecule has 1 heterocycles. The van der Waals surface area contributed by atoms with E-state index in [0.717, 1.165) is 25.8 Å². The zero-order chi connectivity index (χ0) is 17.3. The lowest BCUT2D eigenvalue weighted by Gasteiger charge is -2.38. The Bertz CT molecular complexity index is 640. The Morgan fingerprint density at radius 1 is 1.08 bits per heavy atom. The van der Waals surface area contributed by atoms with Crippen molar-refractivity contribution >= 4 is 11.9 Å². The van der Waals surface area contributed by atoms with E-state index in [2.05, 4.69) is 32.0 Å². The number of amides is 1. The normalized spacial score (nSPS) is 27.2. The van der Waals surface area contributed by atoms with Crippen LogP contribution in [-0.4, -0.2) is 28.4 Å². The van der Waals surface area contributed by atoms with Crippen molar-refractivity contribution < 1.29 is 14.7 Å². The fourth-order valence-electron chi connectivity index (χ4n) is 4.32. The number of likely N-dealkylation sites (tertiary alicyclic amines) is 1. The molecule has 1 aliphatic carbocycles. The molecule has 0 spiro atoms. The van der Waals surface area contributed by atoms with Gasteiger partial charge in [0.1, 0.15) is 0 Å². The van der Waals surface area contributed by atoms with Crippen LogP contribution in [0, 0.1) is 25.7 Å². The third-order valence-electron chi connectivity index (χ3n) is 5.92. The zero-order valence-electron chi connectivity index (χ0n) is 14.6. The van der Waals surface area contributed by atoms with Gasteiger partial charge in [0.2, 0.25) is 5.91 Å². The third kappa shape index (κ3) is 3.19. The molecule has 1 amide bonds. The van der Waals surface area contributed by atoms with Crippen LogP contribution in [0.3, 0.4) is 0 Å². The summed E-state index contributed by atoms with van der Waals surface area (Å²) in [7, 11) is 0. The summed E-state index contributed by atoms with van der Waals surface area (Å²) in [5.41, 5.74) is 3.80. The molecular formula is C20H27NO3. The molecule has 0 bridgehead atoms. The molecule has 1 N–H and O–H groups in total. The van der Waals surface area contributed by atoms with E-state index in [9.17, 15) is 14.7 Å². The second kappa shape index (κ2) is 6.96. The van der Waals surface area contributed by atoms with Gasteiger partial charge in [0, 0.05) is 12.5 Å². The molecule has 2 fully saturated rings. The Hall–Kier alpha value is -1.84. The van der Waals surface area contributed by atoms with Crippen LogP contribution >= 0.6 is 0 Å². The molecule has 1 unspecified atom stereocenters. The topological polar surface area (TPSA) is 57.6 Å². The van der Waals surface area contributed by atoms with Crippen LogP contribution < -0.4 is 0 Å². The first-order chi connectivity index (χ1) is 11.5. The highest BCUT2D eigenvalue weighted by Gasteiger charge is 2.38. The van der Waals surface area contributed by atoms with Gasteiger partial charge >= 0.3 is 5.97 Å². The van der Waals surface area contributed by atoms with Crippen LogP contribution in [0.15, 0.2) is 18.2 Å². The molecule has 3 atom stereocenters. The van der Waals surface area contributed by atoms with Gasteiger partial charge in [-0.25, -0.2) is 0 Å². The molecule has 1 aromatic carbocycles. The van der Waals surface area contributed by atoms with E-state index in [0.29, 0.717) is 19.3 Å². The van der Waals surface area contributed by atoms with E-state index >= 15 is 0 Å². The van der Waals surface area contributed by atoms with Gasteiger partial charge in [-0.2, -0.15) is 0 Å². The summed E-state index contributed by atoms with van der Waals surface area (Å²) in [6.07, 6.45) is 5.04. The average Bonchev–Trinajstić information content (AvgIpc) is 3.07. The molecule has 0 aromatic heterocycles. The van der Waals surface area contributed by atoms with Gasteiger partial charge in [-0.15, -0.1) is 0 Å². The lowest BCUT2D eigenvalue weighted by atomic mass is 9.89. The molecule has 1 saturated carbocycles. The van der Waals surface area contributed by atoms with Crippen LogP contribution in [0.1, 0.15) is 61.3 Å². The standard InChI is InChI=1S/C20H27NO3/c1-13-6-5-7-17(14(13)2)18-8-3-4-11-21(18)19(22)15-9-10-16(12-15)20(23)24/h5-7,15-16,18H,3-4,8-12H2,1-2H3,(H,23,24)/t15-,16+,18?/m1/s1. The van der Waals surface area contributed by atoms with Gasteiger partial charge in [-0.05, 0) is 69.1 Å². The van der Waals surface area contributed by atoms with Crippen molar-refractivity contribution in [2.75, 3.05) is 6.54 Å². The minimum atomic E-state index is -0.755. The fraction of sp³-hybridized carbons (Fsp3) is 0.600. The summed E-state index contributed by atoms with van der Waals surface area (Å²) in [5, 5.41) is 9.20. The van der Waals surface area contributed by atoms with E-state index in [1.165, 1.54) is 16.7 Å². The number of carboxylic acids is 1. The number of aliphatic carboxylic acids is 1. The molecule has 1 aliphatic heterocycles. The number of nitrogens with zero attached hydrogens (tertiary/aromatic N) is 1. The number of hydrogen-bond acceptors (Lipinski definition) is 2. The van der Waals surface area contributed by atoms with Crippen molar-refractivity contribution in [1.29, 1.82) is 0 Å². The largest absolute Gasteiger partial charge is 0.481 e. The Kier molecular flexibility index (Phi) is 4.93. The van der Waals surface area contributed by atoms with Crippen molar-refractivity contribution in [2.45, 2.75) is 58.4 Å². The summed E-state index contributed by atoms with van der Waals surface area (Å²) in [6.45, 7) is 5.05. The molecule has 1 aromatic rings. The second-order valence-corrected chi connectivity index (χ2v) is 7.38. The van der Waals surface area contributed by atoms with Crippen molar-refractivity contribution in [3.05, 3.63) is 34.9 Å². The van der Waals surface area contributed by atoms with Gasteiger partial charge in [0.15, 0.2) is 0 Å². The quantitative estimate of drug-likeness (QED) is 0.916. The van der Waals surface area contributed by atoms with Gasteiger partial charge in [-0.3, -0.25) is 9.59 Å². The highest BCUT2D eigenvalue weighted by molar-refractivity contribution is 5.81. The minimum Gasteiger partial charge on any atom is -0.481 e. The van der Waals surface area contributed by atoms with Crippen molar-refractivity contribution in [3.8, 4) is 0 Å². The maximum Gasteiger partial charge on any atom is 0.306 e. The van der Waals surface area contributed by atoms with E-state index in [-0.39, 0.29) is 23.8 Å². The highest BCUT2D eigenvalue weighted by atomic mass is 16.4. The van der Waals surface area contributed by atoms with Crippen LogP contribution in [0.4, 0.5) is 0 Å². The summed E-state index contributed by atoms with van der Waals surface area (Å²) in [4.78, 5) is 26.3. The van der Waals surface area contributed by atoms with Gasteiger partial charge in [-0.1, -0.05) is 18.2 Å². The van der Waals surface area contributed by atoms with Gasteiger partial charge in [0.05, 0.1) is 12.0 Å². The minimum absolute atomic E-state index is 0.114. The number of rotatable bonds is 3. The maximum atomic E-state index is 13.1. The number of carbonyl (C=O) groups excluding carboxylic acids is 1. The van der Waals surface area contributed by atoms with E-state index in [1.54, 1.807) is 0 Å². The Morgan fingerprint density at radius 2 is 1.83 bits per heavy atom. The van der Waals surface area contributed by atoms with Crippen molar-refractivity contribution in [3.63, 3.8) is 0 Å². The zero-order valence-corrected chi connectivity index (χ0v) is 14.6. The van der Waals surface area contributed by atoms with E-state index < -0.39 is 5.97 Å². The van der Waals surface area contributed by atoms with Gasteiger partial charge in [0.25, 0.3) is 0 Å². The number of hydrogen-bond donors (Lipinski definition) is 1. The molecular weight excluding hydrogens is 302 g/mol. The Labute approximate surface area is 143 Å². The second-order valence-electron chi connectivity index (χ2n) is 7.38. The predicted molar refractivity (Wildman–Crippen MR) is 92.7 cm³/mol. The van der Waals surface area contributed by atoms with Crippen molar-refractivity contribution in [1.82, 2.24) is 4.90 Å². The van der Waals surface area contributed by atoms with E-state index in [1.807, 2.05) is 4.90 Å². The molecule has 130 valence electrons. The molecule has 0 radical (unpaired) electrons. The van der Waals surface area contributed by atoms with Crippen LogP contribution in [0.5, 0.6) is 0 Å². The van der Waals surface area contributed by atoms with Crippen LogP contribution in [0.25, 0.3) is 0 Å². The lowest BCUT2D eigenvalue weighted by molar-refractivity contribution is -0.142. The number of carboxylic acid groups (broad SMARTS) is 1. The number of aryl methyl sites for hydroxylation is 1. The molecule has 4 heteroatoms. The van der Waals surface area contributed by atoms with E-state index in [4.69, 9.17) is 0 Å². The highest BCUT2D eigenvalue weighted by Crippen LogP contribution is 2.38. The first-order valence-corrected chi connectivity index (χ1v) is 9.08. The summed E-state index contributed by atoms with van der Waals surface area (Å²) in [5.74, 6) is -1.04. The smallest absolute Gasteiger partial charge is 0.306 e. The van der Waals surface area contributed by atoms with Crippen LogP contribution in [0.2, 0.25) is 0 Å². The summed E-state index contributed by atoms with van der Waals surface area (Å²) in [6, 6.07) is 6.48. The SMILES string of the molecule is Cc1cccc(C2CCCCN2C(=O)[C@@H]2CC[C@H](C(=O)O)C2)c1C. The first-order valence-electron chi connectivity index (χ1n) is 9.08. The van der Waals surface area contributed by atoms with Gasteiger partial charge < -0.3 is 10.0 Å². The molecule has 2 aliphatic rings. The first kappa shape index (κ1) is 17.0. The predicted octanol–water partition coefficient (Wildman–Crippen LogP) is 3.86.